The van der Waals surface area contributed by atoms with Gasteiger partial charge in [-0.25, -0.2) is 0 Å². The van der Waals surface area contributed by atoms with Gasteiger partial charge in [0.2, 0.25) is 11.8 Å². The molecule has 6 nitrogen and oxygen atoms in total. The van der Waals surface area contributed by atoms with E-state index < -0.39 is 0 Å². The van der Waals surface area contributed by atoms with Crippen LogP contribution in [0.4, 0.5) is 0 Å². The molecule has 6 heteroatoms. The number of ether oxygens (including phenoxy) is 2. The normalized spacial score (nSPS) is 22.9. The topological polar surface area (TPSA) is 59.1 Å². The van der Waals surface area contributed by atoms with Crippen molar-refractivity contribution in [1.29, 1.82) is 0 Å². The van der Waals surface area contributed by atoms with Gasteiger partial charge in [0.25, 0.3) is 0 Å². The average molecular weight is 389 g/mol. The van der Waals surface area contributed by atoms with Crippen LogP contribution in [0.2, 0.25) is 0 Å². The zero-order valence-electron chi connectivity index (χ0n) is 17.3. The van der Waals surface area contributed by atoms with Gasteiger partial charge in [-0.3, -0.25) is 9.59 Å². The number of likely N-dealkylation sites (tertiary alicyclic amines) is 2. The smallest absolute Gasteiger partial charge is 0.227 e. The standard InChI is InChI=1S/C22H32N2O4/c1-16-5-4-10-23(11-8-16)22(26)18-14-21(25)24(15-18)12-9-17-6-7-19(27-2)20(13-17)28-3/h6-7,13,16,18H,4-5,8-12,14-15H2,1-3H3. The van der Waals surface area contributed by atoms with Crippen molar-refractivity contribution in [3.05, 3.63) is 23.8 Å². The van der Waals surface area contributed by atoms with Crippen molar-refractivity contribution in [3.63, 3.8) is 0 Å². The molecule has 0 saturated carbocycles. The highest BCUT2D eigenvalue weighted by atomic mass is 16.5. The van der Waals surface area contributed by atoms with E-state index in [-0.39, 0.29) is 17.7 Å². The largest absolute Gasteiger partial charge is 0.493 e. The summed E-state index contributed by atoms with van der Waals surface area (Å²) in [5.74, 6) is 2.13. The minimum atomic E-state index is -0.189. The molecule has 2 heterocycles. The first kappa shape index (κ1) is 20.5. The summed E-state index contributed by atoms with van der Waals surface area (Å²) in [6.45, 7) is 5.07. The fourth-order valence-corrected chi connectivity index (χ4v) is 4.20. The van der Waals surface area contributed by atoms with E-state index in [1.165, 1.54) is 6.42 Å². The monoisotopic (exact) mass is 388 g/mol. The molecule has 0 bridgehead atoms. The second-order valence-corrected chi connectivity index (χ2v) is 8.04. The molecule has 154 valence electrons. The quantitative estimate of drug-likeness (QED) is 0.752. The van der Waals surface area contributed by atoms with Crippen molar-refractivity contribution in [2.45, 2.75) is 39.0 Å². The Kier molecular flexibility index (Phi) is 6.81. The second-order valence-electron chi connectivity index (χ2n) is 8.04. The van der Waals surface area contributed by atoms with Gasteiger partial charge in [-0.05, 0) is 49.3 Å². The summed E-state index contributed by atoms with van der Waals surface area (Å²) in [6, 6.07) is 5.82. The predicted molar refractivity (Wildman–Crippen MR) is 108 cm³/mol. The summed E-state index contributed by atoms with van der Waals surface area (Å²) in [5.41, 5.74) is 1.08. The van der Waals surface area contributed by atoms with Crippen molar-refractivity contribution in [2.24, 2.45) is 11.8 Å². The van der Waals surface area contributed by atoms with E-state index >= 15 is 0 Å². The van der Waals surface area contributed by atoms with E-state index in [2.05, 4.69) is 6.92 Å². The number of carbonyl (C=O) groups is 2. The lowest BCUT2D eigenvalue weighted by molar-refractivity contribution is -0.135. The van der Waals surface area contributed by atoms with Crippen LogP contribution in [0.25, 0.3) is 0 Å². The minimum absolute atomic E-state index is 0.0852. The van der Waals surface area contributed by atoms with Crippen molar-refractivity contribution in [2.75, 3.05) is 40.4 Å². The lowest BCUT2D eigenvalue weighted by Crippen LogP contribution is -2.38. The summed E-state index contributed by atoms with van der Waals surface area (Å²) in [4.78, 5) is 29.2. The molecule has 0 aromatic heterocycles. The molecule has 2 aliphatic heterocycles. The van der Waals surface area contributed by atoms with Crippen molar-refractivity contribution in [1.82, 2.24) is 9.80 Å². The average Bonchev–Trinajstić information content (AvgIpc) is 2.94. The Balaban J connectivity index is 1.55. The van der Waals surface area contributed by atoms with Gasteiger partial charge < -0.3 is 19.3 Å². The van der Waals surface area contributed by atoms with Gasteiger partial charge in [-0.2, -0.15) is 0 Å². The van der Waals surface area contributed by atoms with Crippen molar-refractivity contribution >= 4 is 11.8 Å². The molecule has 2 fully saturated rings. The molecule has 3 rings (SSSR count). The first-order valence-electron chi connectivity index (χ1n) is 10.3. The van der Waals surface area contributed by atoms with E-state index in [1.54, 1.807) is 14.2 Å². The van der Waals surface area contributed by atoms with Crippen LogP contribution < -0.4 is 9.47 Å². The predicted octanol–water partition coefficient (Wildman–Crippen LogP) is 2.74. The van der Waals surface area contributed by atoms with Gasteiger partial charge in [-0.1, -0.05) is 13.0 Å². The molecule has 0 aliphatic carbocycles. The van der Waals surface area contributed by atoms with Gasteiger partial charge in [-0.15, -0.1) is 0 Å². The van der Waals surface area contributed by atoms with E-state index in [4.69, 9.17) is 9.47 Å². The van der Waals surface area contributed by atoms with Gasteiger partial charge in [0.05, 0.1) is 20.1 Å². The Labute approximate surface area is 167 Å². The Morgan fingerprint density at radius 2 is 1.93 bits per heavy atom. The third kappa shape index (κ3) is 4.78. The SMILES string of the molecule is COc1ccc(CCN2CC(C(=O)N3CCCC(C)CC3)CC2=O)cc1OC. The van der Waals surface area contributed by atoms with Crippen LogP contribution in [0.1, 0.15) is 38.2 Å². The number of nitrogens with zero attached hydrogens (tertiary/aromatic N) is 2. The zero-order valence-corrected chi connectivity index (χ0v) is 17.3. The van der Waals surface area contributed by atoms with Gasteiger partial charge in [0.1, 0.15) is 0 Å². The molecule has 1 aromatic rings. The number of benzene rings is 1. The molecule has 0 N–H and O–H groups in total. The molecule has 2 saturated heterocycles. The highest BCUT2D eigenvalue weighted by molar-refractivity contribution is 5.89. The summed E-state index contributed by atoms with van der Waals surface area (Å²) >= 11 is 0. The molecule has 1 aromatic carbocycles. The summed E-state index contributed by atoms with van der Waals surface area (Å²) in [5, 5.41) is 0. The fourth-order valence-electron chi connectivity index (χ4n) is 4.20. The number of carbonyl (C=O) groups excluding carboxylic acids is 2. The van der Waals surface area contributed by atoms with Crippen LogP contribution in [0, 0.1) is 11.8 Å². The van der Waals surface area contributed by atoms with E-state index in [0.29, 0.717) is 36.9 Å². The number of amides is 2. The molecular formula is C22H32N2O4. The van der Waals surface area contributed by atoms with Crippen LogP contribution >= 0.6 is 0 Å². The molecule has 28 heavy (non-hydrogen) atoms. The Bertz CT molecular complexity index is 706. The van der Waals surface area contributed by atoms with E-state index in [0.717, 1.165) is 37.9 Å². The van der Waals surface area contributed by atoms with E-state index in [9.17, 15) is 9.59 Å². The number of hydrogen-bond acceptors (Lipinski definition) is 4. The van der Waals surface area contributed by atoms with Crippen LogP contribution in [-0.4, -0.2) is 62.0 Å². The fraction of sp³-hybridized carbons (Fsp3) is 0.636. The van der Waals surface area contributed by atoms with Gasteiger partial charge in [0.15, 0.2) is 11.5 Å². The third-order valence-corrected chi connectivity index (χ3v) is 6.01. The number of rotatable bonds is 6. The molecule has 0 radical (unpaired) electrons. The molecule has 2 atom stereocenters. The third-order valence-electron chi connectivity index (χ3n) is 6.01. The Morgan fingerprint density at radius 3 is 2.68 bits per heavy atom. The van der Waals surface area contributed by atoms with Crippen LogP contribution in [-0.2, 0) is 16.0 Å². The first-order chi connectivity index (χ1) is 13.5. The molecule has 0 spiro atoms. The van der Waals surface area contributed by atoms with Crippen LogP contribution in [0.5, 0.6) is 11.5 Å². The molecule has 2 unspecified atom stereocenters. The maximum atomic E-state index is 12.9. The minimum Gasteiger partial charge on any atom is -0.493 e. The maximum absolute atomic E-state index is 12.9. The summed E-state index contributed by atoms with van der Waals surface area (Å²) < 4.78 is 10.6. The molecule has 2 aliphatic rings. The number of methoxy groups -OCH3 is 2. The van der Waals surface area contributed by atoms with Crippen LogP contribution in [0.3, 0.4) is 0 Å². The van der Waals surface area contributed by atoms with Gasteiger partial charge in [0, 0.05) is 32.6 Å². The lowest BCUT2D eigenvalue weighted by Gasteiger charge is -2.24. The molecule has 2 amide bonds. The maximum Gasteiger partial charge on any atom is 0.227 e. The zero-order chi connectivity index (χ0) is 20.1. The van der Waals surface area contributed by atoms with Crippen molar-refractivity contribution in [3.8, 4) is 11.5 Å². The second kappa shape index (κ2) is 9.30. The van der Waals surface area contributed by atoms with Gasteiger partial charge >= 0.3 is 0 Å². The van der Waals surface area contributed by atoms with E-state index in [1.807, 2.05) is 28.0 Å². The Morgan fingerprint density at radius 1 is 1.14 bits per heavy atom. The van der Waals surface area contributed by atoms with Crippen molar-refractivity contribution < 1.29 is 19.1 Å². The Hall–Kier alpha value is -2.24. The highest BCUT2D eigenvalue weighted by Crippen LogP contribution is 2.28. The highest BCUT2D eigenvalue weighted by Gasteiger charge is 2.36. The number of hydrogen-bond donors (Lipinski definition) is 0. The summed E-state index contributed by atoms with van der Waals surface area (Å²) in [7, 11) is 3.23. The lowest BCUT2D eigenvalue weighted by atomic mass is 10.0. The first-order valence-corrected chi connectivity index (χ1v) is 10.3. The summed E-state index contributed by atoms with van der Waals surface area (Å²) in [6.07, 6.45) is 4.39. The van der Waals surface area contributed by atoms with Crippen LogP contribution in [0.15, 0.2) is 18.2 Å². The molecular weight excluding hydrogens is 356 g/mol.